The Labute approximate surface area is 204 Å². The Morgan fingerprint density at radius 2 is 1.76 bits per heavy atom. The van der Waals surface area contributed by atoms with Crippen molar-refractivity contribution in [2.75, 3.05) is 13.7 Å². The number of para-hydroxylation sites is 3. The van der Waals surface area contributed by atoms with Crippen LogP contribution in [-0.4, -0.2) is 29.2 Å². The number of hydrogen-bond acceptors (Lipinski definition) is 4. The van der Waals surface area contributed by atoms with E-state index in [0.29, 0.717) is 22.9 Å². The van der Waals surface area contributed by atoms with Crippen LogP contribution in [0.25, 0.3) is 11.0 Å². The maximum absolute atomic E-state index is 12.9. The molecule has 0 spiro atoms. The molecule has 1 N–H and O–H groups in total. The average molecular weight is 478 g/mol. The summed E-state index contributed by atoms with van der Waals surface area (Å²) in [4.78, 5) is 17.8. The fourth-order valence-corrected chi connectivity index (χ4v) is 4.05. The van der Waals surface area contributed by atoms with Crippen molar-refractivity contribution in [3.05, 3.63) is 89.2 Å². The first-order valence-electron chi connectivity index (χ1n) is 11.3. The van der Waals surface area contributed by atoms with E-state index in [9.17, 15) is 4.79 Å². The first kappa shape index (κ1) is 23.6. The van der Waals surface area contributed by atoms with E-state index < -0.39 is 0 Å². The zero-order chi connectivity index (χ0) is 23.9. The molecule has 0 fully saturated rings. The van der Waals surface area contributed by atoms with E-state index in [1.807, 2.05) is 61.5 Å². The molecular weight excluding hydrogens is 450 g/mol. The minimum atomic E-state index is -0.282. The van der Waals surface area contributed by atoms with Gasteiger partial charge in [-0.25, -0.2) is 4.98 Å². The minimum Gasteiger partial charge on any atom is -0.496 e. The average Bonchev–Trinajstić information content (AvgIpc) is 3.23. The second kappa shape index (κ2) is 11.1. The number of methoxy groups -OCH3 is 1. The van der Waals surface area contributed by atoms with Crippen LogP contribution < -0.4 is 14.8 Å². The van der Waals surface area contributed by atoms with Gasteiger partial charge in [0.2, 0.25) is 0 Å². The molecule has 1 aromatic heterocycles. The smallest absolute Gasteiger partial charge is 0.255 e. The van der Waals surface area contributed by atoms with Crippen molar-refractivity contribution < 1.29 is 14.3 Å². The number of amides is 1. The maximum Gasteiger partial charge on any atom is 0.255 e. The van der Waals surface area contributed by atoms with E-state index >= 15 is 0 Å². The van der Waals surface area contributed by atoms with Crippen molar-refractivity contribution in [1.82, 2.24) is 14.9 Å². The normalized spacial score (nSPS) is 11.9. The lowest BCUT2D eigenvalue weighted by Gasteiger charge is -2.17. The number of aryl methyl sites for hydroxylation is 1. The van der Waals surface area contributed by atoms with Crippen LogP contribution in [0.3, 0.4) is 0 Å². The lowest BCUT2D eigenvalue weighted by molar-refractivity contribution is 0.0934. The summed E-state index contributed by atoms with van der Waals surface area (Å²) in [6.45, 7) is 3.34. The third-order valence-electron chi connectivity index (χ3n) is 5.63. The summed E-state index contributed by atoms with van der Waals surface area (Å²) in [6, 6.07) is 22.3. The number of fused-ring (bicyclic) bond motifs is 1. The molecule has 0 aliphatic heterocycles. The number of imidazole rings is 1. The van der Waals surface area contributed by atoms with Crippen molar-refractivity contribution in [2.24, 2.45) is 0 Å². The van der Waals surface area contributed by atoms with Crippen molar-refractivity contribution >= 4 is 28.5 Å². The van der Waals surface area contributed by atoms with Crippen LogP contribution in [0, 0.1) is 0 Å². The van der Waals surface area contributed by atoms with Gasteiger partial charge in [0.25, 0.3) is 5.91 Å². The van der Waals surface area contributed by atoms with Gasteiger partial charge in [-0.2, -0.15) is 0 Å². The maximum atomic E-state index is 12.9. The van der Waals surface area contributed by atoms with Crippen LogP contribution in [0.5, 0.6) is 11.5 Å². The number of rotatable bonds is 10. The number of nitrogens with one attached hydrogen (secondary N) is 1. The Bertz CT molecular complexity index is 1250. The van der Waals surface area contributed by atoms with Crippen LogP contribution in [0.15, 0.2) is 72.8 Å². The number of unbranched alkanes of at least 4 members (excludes halogenated alkanes) is 1. The van der Waals surface area contributed by atoms with Gasteiger partial charge in [-0.05, 0) is 68.3 Å². The Morgan fingerprint density at radius 3 is 2.56 bits per heavy atom. The number of carbonyl (C=O) groups is 1. The predicted molar refractivity (Wildman–Crippen MR) is 135 cm³/mol. The molecule has 0 saturated carbocycles. The second-order valence-corrected chi connectivity index (χ2v) is 8.45. The van der Waals surface area contributed by atoms with Crippen LogP contribution in [-0.2, 0) is 6.54 Å². The molecule has 3 aromatic carbocycles. The van der Waals surface area contributed by atoms with E-state index in [1.54, 1.807) is 19.2 Å². The van der Waals surface area contributed by atoms with Gasteiger partial charge in [-0.1, -0.05) is 35.9 Å². The van der Waals surface area contributed by atoms with Crippen molar-refractivity contribution in [3.63, 3.8) is 0 Å². The van der Waals surface area contributed by atoms with Crippen LogP contribution in [0.4, 0.5) is 0 Å². The molecule has 1 atom stereocenters. The Balaban J connectivity index is 1.44. The van der Waals surface area contributed by atoms with E-state index in [1.165, 1.54) is 0 Å². The summed E-state index contributed by atoms with van der Waals surface area (Å²) in [5.41, 5.74) is 2.46. The molecule has 6 nitrogen and oxygen atoms in total. The highest BCUT2D eigenvalue weighted by Crippen LogP contribution is 2.24. The molecule has 1 amide bonds. The second-order valence-electron chi connectivity index (χ2n) is 8.02. The van der Waals surface area contributed by atoms with Crippen molar-refractivity contribution in [1.29, 1.82) is 0 Å². The van der Waals surface area contributed by atoms with Crippen molar-refractivity contribution in [3.8, 4) is 11.5 Å². The molecule has 1 heterocycles. The van der Waals surface area contributed by atoms with E-state index in [-0.39, 0.29) is 11.9 Å². The van der Waals surface area contributed by atoms with E-state index in [4.69, 9.17) is 26.1 Å². The molecule has 0 radical (unpaired) electrons. The van der Waals surface area contributed by atoms with Gasteiger partial charge in [0.05, 0.1) is 36.4 Å². The van der Waals surface area contributed by atoms with Crippen LogP contribution in [0.1, 0.15) is 42.0 Å². The Kier molecular flexibility index (Phi) is 7.70. The number of ether oxygens (including phenoxy) is 2. The van der Waals surface area contributed by atoms with Gasteiger partial charge in [0, 0.05) is 11.6 Å². The SMILES string of the molecule is COc1ccccc1C(=O)NC(C)c1nc2ccccc2n1CCCCOc1ccc(Cl)cc1. The van der Waals surface area contributed by atoms with Gasteiger partial charge < -0.3 is 19.4 Å². The third kappa shape index (κ3) is 5.51. The molecule has 176 valence electrons. The number of benzene rings is 3. The van der Waals surface area contributed by atoms with E-state index in [2.05, 4.69) is 16.0 Å². The van der Waals surface area contributed by atoms with Gasteiger partial charge in [-0.15, -0.1) is 0 Å². The molecule has 34 heavy (non-hydrogen) atoms. The number of nitrogens with zero attached hydrogens (tertiary/aromatic N) is 2. The molecule has 0 saturated heterocycles. The molecule has 0 aliphatic rings. The Morgan fingerprint density at radius 1 is 1.03 bits per heavy atom. The summed E-state index contributed by atoms with van der Waals surface area (Å²) in [6.07, 6.45) is 1.80. The number of halogens is 1. The van der Waals surface area contributed by atoms with Gasteiger partial charge in [0.15, 0.2) is 0 Å². The molecule has 7 heteroatoms. The molecule has 0 aliphatic carbocycles. The molecule has 4 rings (SSSR count). The van der Waals surface area contributed by atoms with Crippen LogP contribution in [0.2, 0.25) is 5.02 Å². The lowest BCUT2D eigenvalue weighted by atomic mass is 10.1. The highest BCUT2D eigenvalue weighted by Gasteiger charge is 2.20. The van der Waals surface area contributed by atoms with E-state index in [0.717, 1.165) is 42.0 Å². The zero-order valence-electron chi connectivity index (χ0n) is 19.3. The fraction of sp³-hybridized carbons (Fsp3) is 0.259. The quantitative estimate of drug-likeness (QED) is 0.282. The summed E-state index contributed by atoms with van der Waals surface area (Å²) < 4.78 is 13.3. The fourth-order valence-electron chi connectivity index (χ4n) is 3.92. The first-order chi connectivity index (χ1) is 16.6. The largest absolute Gasteiger partial charge is 0.496 e. The number of carbonyl (C=O) groups excluding carboxylic acids is 1. The summed E-state index contributed by atoms with van der Waals surface area (Å²) in [5, 5.41) is 3.77. The predicted octanol–water partition coefficient (Wildman–Crippen LogP) is 6.05. The highest BCUT2D eigenvalue weighted by molar-refractivity contribution is 6.30. The zero-order valence-corrected chi connectivity index (χ0v) is 20.1. The molecular formula is C27H28ClN3O3. The topological polar surface area (TPSA) is 65.4 Å². The van der Waals surface area contributed by atoms with Crippen LogP contribution >= 0.6 is 11.6 Å². The van der Waals surface area contributed by atoms with Gasteiger partial charge >= 0.3 is 0 Å². The molecule has 1 unspecified atom stereocenters. The Hall–Kier alpha value is -3.51. The minimum absolute atomic E-state index is 0.195. The lowest BCUT2D eigenvalue weighted by Crippen LogP contribution is -2.29. The number of aromatic nitrogens is 2. The monoisotopic (exact) mass is 477 g/mol. The van der Waals surface area contributed by atoms with Gasteiger partial charge in [0.1, 0.15) is 17.3 Å². The summed E-state index contributed by atoms with van der Waals surface area (Å²) in [5.74, 6) is 1.98. The summed E-state index contributed by atoms with van der Waals surface area (Å²) >= 11 is 5.93. The van der Waals surface area contributed by atoms with Crippen molar-refractivity contribution in [2.45, 2.75) is 32.4 Å². The number of hydrogen-bond donors (Lipinski definition) is 1. The summed E-state index contributed by atoms with van der Waals surface area (Å²) in [7, 11) is 1.56. The molecule has 0 bridgehead atoms. The standard InChI is InChI=1S/C27H28ClN3O3/c1-19(29-27(32)22-9-3-6-12-25(22)33-2)26-30-23-10-4-5-11-24(23)31(26)17-7-8-18-34-21-15-13-20(28)14-16-21/h3-6,9-16,19H,7-8,17-18H2,1-2H3,(H,29,32). The first-order valence-corrected chi connectivity index (χ1v) is 11.7. The third-order valence-corrected chi connectivity index (χ3v) is 5.88. The highest BCUT2D eigenvalue weighted by atomic mass is 35.5. The van der Waals surface area contributed by atoms with Gasteiger partial charge in [-0.3, -0.25) is 4.79 Å². The molecule has 4 aromatic rings.